The first-order chi connectivity index (χ1) is 19.7. The number of likely N-dealkylation sites (tertiary alicyclic amines) is 1. The van der Waals surface area contributed by atoms with E-state index in [2.05, 4.69) is 4.90 Å². The van der Waals surface area contributed by atoms with Crippen LogP contribution in [0.5, 0.6) is 23.0 Å². The molecule has 0 amide bonds. The highest BCUT2D eigenvalue weighted by atomic mass is 32.2. The predicted octanol–water partition coefficient (Wildman–Crippen LogP) is 4.51. The van der Waals surface area contributed by atoms with E-state index in [1.165, 1.54) is 0 Å². The van der Waals surface area contributed by atoms with Crippen LogP contribution in [0.2, 0.25) is 0 Å². The molecule has 10 nitrogen and oxygen atoms in total. The van der Waals surface area contributed by atoms with E-state index in [0.717, 1.165) is 24.0 Å². The van der Waals surface area contributed by atoms with Crippen LogP contribution < -0.4 is 18.9 Å². The summed E-state index contributed by atoms with van der Waals surface area (Å²) in [5, 5.41) is 10.6. The molecule has 0 aliphatic carbocycles. The first kappa shape index (κ1) is 30.9. The molecule has 0 saturated carbocycles. The Labute approximate surface area is 243 Å². The van der Waals surface area contributed by atoms with Crippen molar-refractivity contribution in [2.45, 2.75) is 51.5 Å². The van der Waals surface area contributed by atoms with Gasteiger partial charge < -0.3 is 24.1 Å². The Kier molecular flexibility index (Phi) is 10.4. The minimum absolute atomic E-state index is 0.123. The summed E-state index contributed by atoms with van der Waals surface area (Å²) in [6, 6.07) is 10.5. The first-order valence-electron chi connectivity index (χ1n) is 14.3. The second-order valence-corrected chi connectivity index (χ2v) is 12.6. The lowest BCUT2D eigenvalue weighted by Crippen LogP contribution is -2.40. The topological polar surface area (TPSA) is 115 Å². The number of fused-ring (bicyclic) bond motifs is 1. The molecular formula is C30H42N2O8S. The monoisotopic (exact) mass is 590 g/mol. The van der Waals surface area contributed by atoms with Gasteiger partial charge in [-0.25, -0.2) is 12.7 Å². The van der Waals surface area contributed by atoms with Crippen LogP contribution in [-0.2, 0) is 14.8 Å². The number of benzene rings is 2. The number of carboxylic acids is 1. The van der Waals surface area contributed by atoms with Crippen LogP contribution in [0, 0.1) is 5.92 Å². The zero-order valence-electron chi connectivity index (χ0n) is 24.4. The fourth-order valence-electron chi connectivity index (χ4n) is 5.92. The third kappa shape index (κ3) is 6.90. The Bertz CT molecular complexity index is 1300. The lowest BCUT2D eigenvalue weighted by Gasteiger charge is -2.30. The Hall–Kier alpha value is -3.02. The number of rotatable bonds is 15. The highest BCUT2D eigenvalue weighted by Crippen LogP contribution is 2.48. The zero-order chi connectivity index (χ0) is 29.6. The van der Waals surface area contributed by atoms with Crippen LogP contribution in [0.4, 0.5) is 0 Å². The maximum Gasteiger partial charge on any atom is 0.309 e. The molecule has 4 rings (SSSR count). The van der Waals surface area contributed by atoms with Crippen molar-refractivity contribution in [1.29, 1.82) is 0 Å². The van der Waals surface area contributed by atoms with E-state index in [1.54, 1.807) is 24.6 Å². The fraction of sp³-hybridized carbons (Fsp3) is 0.567. The Morgan fingerprint density at radius 3 is 2.39 bits per heavy atom. The van der Waals surface area contributed by atoms with E-state index in [-0.39, 0.29) is 25.0 Å². The van der Waals surface area contributed by atoms with Gasteiger partial charge in [-0.15, -0.1) is 0 Å². The number of hydrogen-bond acceptors (Lipinski definition) is 8. The minimum Gasteiger partial charge on any atom is -0.493 e. The Balaban J connectivity index is 1.69. The molecule has 0 radical (unpaired) electrons. The predicted molar refractivity (Wildman–Crippen MR) is 155 cm³/mol. The molecule has 2 aliphatic rings. The molecule has 2 aromatic rings. The average molecular weight is 591 g/mol. The van der Waals surface area contributed by atoms with Crippen LogP contribution >= 0.6 is 0 Å². The standard InChI is InChI=1S/C30H42N2O8S/c1-5-7-8-16-41(35,36)32(13-6-2)15-14-31-19-23(21-9-12-25-27(17-21)40-20-39-25)28(30(33)34)29(31)22-10-11-24(37-3)26(18-22)38-4/h9-12,17-18,23,28-29H,5-8,13-16,19-20H2,1-4H3,(H,33,34)/t23-,28-,29?/m1/s1. The Morgan fingerprint density at radius 1 is 0.976 bits per heavy atom. The number of sulfonamides is 1. The van der Waals surface area contributed by atoms with Gasteiger partial charge in [-0.2, -0.15) is 0 Å². The van der Waals surface area contributed by atoms with Gasteiger partial charge in [-0.1, -0.05) is 38.8 Å². The third-order valence-corrected chi connectivity index (χ3v) is 9.92. The van der Waals surface area contributed by atoms with Crippen LogP contribution in [0.3, 0.4) is 0 Å². The van der Waals surface area contributed by atoms with E-state index in [4.69, 9.17) is 18.9 Å². The molecule has 1 N–H and O–H groups in total. The summed E-state index contributed by atoms with van der Waals surface area (Å²) in [5.74, 6) is 0.328. The van der Waals surface area contributed by atoms with Gasteiger partial charge >= 0.3 is 5.97 Å². The van der Waals surface area contributed by atoms with Crippen LogP contribution in [0.1, 0.15) is 62.6 Å². The summed E-state index contributed by atoms with van der Waals surface area (Å²) in [4.78, 5) is 15.0. The average Bonchev–Trinajstić information content (AvgIpc) is 3.59. The van der Waals surface area contributed by atoms with Gasteiger partial charge in [0, 0.05) is 38.1 Å². The van der Waals surface area contributed by atoms with Gasteiger partial charge in [0.1, 0.15) is 0 Å². The van der Waals surface area contributed by atoms with Crippen molar-refractivity contribution in [3.8, 4) is 23.0 Å². The van der Waals surface area contributed by atoms with Gasteiger partial charge in [0.05, 0.1) is 25.9 Å². The summed E-state index contributed by atoms with van der Waals surface area (Å²) in [7, 11) is -0.329. The molecule has 0 bridgehead atoms. The number of carbonyl (C=O) groups is 1. The smallest absolute Gasteiger partial charge is 0.309 e. The molecule has 11 heteroatoms. The first-order valence-corrected chi connectivity index (χ1v) is 15.9. The lowest BCUT2D eigenvalue weighted by atomic mass is 9.82. The zero-order valence-corrected chi connectivity index (χ0v) is 25.2. The van der Waals surface area contributed by atoms with Gasteiger partial charge in [0.15, 0.2) is 23.0 Å². The normalized spacial score (nSPS) is 20.5. The number of methoxy groups -OCH3 is 2. The summed E-state index contributed by atoms with van der Waals surface area (Å²) in [6.45, 7) is 5.68. The number of hydrogen-bond donors (Lipinski definition) is 1. The third-order valence-electron chi connectivity index (χ3n) is 7.97. The van der Waals surface area contributed by atoms with Gasteiger partial charge in [0.25, 0.3) is 0 Å². The van der Waals surface area contributed by atoms with Crippen molar-refractivity contribution in [3.63, 3.8) is 0 Å². The fourth-order valence-corrected chi connectivity index (χ4v) is 7.57. The van der Waals surface area contributed by atoms with E-state index >= 15 is 0 Å². The minimum atomic E-state index is -3.43. The van der Waals surface area contributed by atoms with Crippen molar-refractivity contribution < 1.29 is 37.3 Å². The lowest BCUT2D eigenvalue weighted by molar-refractivity contribution is -0.143. The van der Waals surface area contributed by atoms with E-state index < -0.39 is 28.0 Å². The molecule has 226 valence electrons. The summed E-state index contributed by atoms with van der Waals surface area (Å²) >= 11 is 0. The van der Waals surface area contributed by atoms with Gasteiger partial charge in [0.2, 0.25) is 16.8 Å². The quantitative estimate of drug-likeness (QED) is 0.299. The van der Waals surface area contributed by atoms with Crippen molar-refractivity contribution in [3.05, 3.63) is 47.5 Å². The summed E-state index contributed by atoms with van der Waals surface area (Å²) in [5.41, 5.74) is 1.61. The van der Waals surface area contributed by atoms with E-state index in [9.17, 15) is 18.3 Å². The van der Waals surface area contributed by atoms with Crippen molar-refractivity contribution in [1.82, 2.24) is 9.21 Å². The molecule has 1 unspecified atom stereocenters. The second-order valence-electron chi connectivity index (χ2n) is 10.6. The van der Waals surface area contributed by atoms with Crippen molar-refractivity contribution in [2.75, 3.05) is 52.9 Å². The van der Waals surface area contributed by atoms with Gasteiger partial charge in [-0.3, -0.25) is 9.69 Å². The van der Waals surface area contributed by atoms with Crippen LogP contribution in [0.15, 0.2) is 36.4 Å². The number of unbranched alkanes of at least 4 members (excludes halogenated alkanes) is 2. The highest BCUT2D eigenvalue weighted by Gasteiger charge is 2.48. The maximum atomic E-state index is 13.2. The van der Waals surface area contributed by atoms with Crippen molar-refractivity contribution >= 4 is 16.0 Å². The Morgan fingerprint density at radius 2 is 1.71 bits per heavy atom. The molecular weight excluding hydrogens is 548 g/mol. The highest BCUT2D eigenvalue weighted by molar-refractivity contribution is 7.89. The second kappa shape index (κ2) is 13.8. The molecule has 2 heterocycles. The molecule has 1 saturated heterocycles. The SMILES string of the molecule is CCCCCS(=O)(=O)N(CCC)CCN1C[C@H](c2ccc3c(c2)OCO3)[C@@H](C(=O)O)C1c1ccc(OC)c(OC)c1. The number of ether oxygens (including phenoxy) is 4. The summed E-state index contributed by atoms with van der Waals surface area (Å²) < 4.78 is 50.0. The number of aliphatic carboxylic acids is 1. The molecule has 3 atom stereocenters. The van der Waals surface area contributed by atoms with Crippen LogP contribution in [0.25, 0.3) is 0 Å². The molecule has 2 aromatic carbocycles. The molecule has 0 aromatic heterocycles. The number of carboxylic acid groups (broad SMARTS) is 1. The number of nitrogens with zero attached hydrogens (tertiary/aromatic N) is 2. The molecule has 2 aliphatic heterocycles. The van der Waals surface area contributed by atoms with E-state index in [0.29, 0.717) is 55.5 Å². The van der Waals surface area contributed by atoms with Crippen LogP contribution in [-0.4, -0.2) is 81.6 Å². The molecule has 41 heavy (non-hydrogen) atoms. The summed E-state index contributed by atoms with van der Waals surface area (Å²) in [6.07, 6.45) is 3.14. The molecule has 0 spiro atoms. The maximum absolute atomic E-state index is 13.2. The van der Waals surface area contributed by atoms with Crippen molar-refractivity contribution in [2.24, 2.45) is 5.92 Å². The molecule has 1 fully saturated rings. The van der Waals surface area contributed by atoms with E-state index in [1.807, 2.05) is 44.2 Å². The van der Waals surface area contributed by atoms with Gasteiger partial charge in [-0.05, 0) is 48.2 Å². The largest absolute Gasteiger partial charge is 0.493 e.